The fourth-order valence-corrected chi connectivity index (χ4v) is 13.9. The Balaban J connectivity index is 0.934. The summed E-state index contributed by atoms with van der Waals surface area (Å²) in [5.41, 5.74) is 20.5. The highest BCUT2D eigenvalue weighted by atomic mass is 19.1. The lowest BCUT2D eigenvalue weighted by Crippen LogP contribution is -2.29. The number of anilines is 3. The summed E-state index contributed by atoms with van der Waals surface area (Å²) in [6.45, 7) is 9.67. The highest BCUT2D eigenvalue weighted by Crippen LogP contribution is 2.60. The minimum atomic E-state index is -0.911. The minimum absolute atomic E-state index is 0.267. The molecule has 0 radical (unpaired) electrons. The highest BCUT2D eigenvalue weighted by molar-refractivity contribution is 5.93. The maximum Gasteiger partial charge on any atom is 0.127 e. The lowest BCUT2D eigenvalue weighted by molar-refractivity contribution is 0.482. The maximum absolute atomic E-state index is 15.7. The number of fused-ring (bicyclic) bond motifs is 6. The zero-order valence-electron chi connectivity index (χ0n) is 49.5. The molecule has 2 aliphatic rings. The Bertz CT molecular complexity index is 4870. The molecule has 0 saturated carbocycles. The summed E-state index contributed by atoms with van der Waals surface area (Å²) in [6.07, 6.45) is 3.63. The first-order valence-corrected chi connectivity index (χ1v) is 30.3. The molecule has 2 atom stereocenters. The van der Waals surface area contributed by atoms with Gasteiger partial charge in [-0.1, -0.05) is 219 Å². The summed E-state index contributed by atoms with van der Waals surface area (Å²) in [7, 11) is 0. The molecule has 13 aromatic carbocycles. The predicted octanol–water partition coefficient (Wildman–Crippen LogP) is 22.7. The Morgan fingerprint density at radius 1 is 0.322 bits per heavy atom. The number of rotatable bonds is 15. The van der Waals surface area contributed by atoms with Gasteiger partial charge in [-0.3, -0.25) is 0 Å². The summed E-state index contributed by atoms with van der Waals surface area (Å²) >= 11 is 0. The van der Waals surface area contributed by atoms with E-state index in [4.69, 9.17) is 9.47 Å². The SMILES string of the molecule is C=Cc1ccc(Oc2ccc(C3(c4ccc(F)cc4)c4ccccc4-c4ccc(N(c5ccc(-c6cccc(-c7ccccc7)c6)cc5)c5ccc6c(c5)C(c5ccc(Oc7ccc(C=C)cc7)cc5)(c5ccc(F)c(C)c5)c5ccccc5-6)cc43)cc2)cc1. The van der Waals surface area contributed by atoms with E-state index in [1.165, 1.54) is 0 Å². The van der Waals surface area contributed by atoms with Gasteiger partial charge in [-0.2, -0.15) is 0 Å². The van der Waals surface area contributed by atoms with Crippen LogP contribution in [-0.4, -0.2) is 0 Å². The number of aryl methyl sites for hydroxylation is 1. The van der Waals surface area contributed by atoms with Gasteiger partial charge in [0.1, 0.15) is 34.6 Å². The molecule has 2 aliphatic carbocycles. The third-order valence-electron chi connectivity index (χ3n) is 18.1. The second kappa shape index (κ2) is 22.7. The molecule has 0 aromatic heterocycles. The maximum atomic E-state index is 15.7. The molecule has 0 heterocycles. The molecule has 430 valence electrons. The molecular weight excluding hydrogens is 1100 g/mol. The number of hydrogen-bond donors (Lipinski definition) is 0. The van der Waals surface area contributed by atoms with E-state index in [1.807, 2.05) is 122 Å². The van der Waals surface area contributed by atoms with Crippen molar-refractivity contribution in [1.29, 1.82) is 0 Å². The van der Waals surface area contributed by atoms with E-state index in [0.29, 0.717) is 28.6 Å². The van der Waals surface area contributed by atoms with Gasteiger partial charge in [0, 0.05) is 17.1 Å². The van der Waals surface area contributed by atoms with Crippen molar-refractivity contribution in [3.63, 3.8) is 0 Å². The molecular formula is C85H59F2NO2. The Labute approximate surface area is 524 Å². The number of nitrogens with zero attached hydrogens (tertiary/aromatic N) is 1. The average molecular weight is 1160 g/mol. The molecule has 2 unspecified atom stereocenters. The van der Waals surface area contributed by atoms with Gasteiger partial charge in [-0.15, -0.1) is 0 Å². The van der Waals surface area contributed by atoms with E-state index in [-0.39, 0.29) is 11.6 Å². The first-order valence-electron chi connectivity index (χ1n) is 30.3. The predicted molar refractivity (Wildman–Crippen MR) is 364 cm³/mol. The summed E-state index contributed by atoms with van der Waals surface area (Å²) in [4.78, 5) is 2.36. The van der Waals surface area contributed by atoms with Crippen LogP contribution >= 0.6 is 0 Å². The normalized spacial score (nSPS) is 15.0. The van der Waals surface area contributed by atoms with Crippen LogP contribution in [-0.2, 0) is 10.8 Å². The molecule has 0 saturated heterocycles. The lowest BCUT2D eigenvalue weighted by Gasteiger charge is -2.36. The Kier molecular flexibility index (Phi) is 13.9. The molecule has 0 bridgehead atoms. The fraction of sp³-hybridized carbons (Fsp3) is 0.0353. The van der Waals surface area contributed by atoms with Gasteiger partial charge in [0.2, 0.25) is 0 Å². The third-order valence-corrected chi connectivity index (χ3v) is 18.1. The molecule has 3 nitrogen and oxygen atoms in total. The molecule has 0 fully saturated rings. The van der Waals surface area contributed by atoms with Gasteiger partial charge < -0.3 is 14.4 Å². The van der Waals surface area contributed by atoms with Gasteiger partial charge in [0.05, 0.1) is 10.8 Å². The minimum Gasteiger partial charge on any atom is -0.457 e. The van der Waals surface area contributed by atoms with Gasteiger partial charge in [-0.25, -0.2) is 8.78 Å². The van der Waals surface area contributed by atoms with E-state index < -0.39 is 10.8 Å². The van der Waals surface area contributed by atoms with Crippen LogP contribution in [0.25, 0.3) is 56.7 Å². The summed E-state index contributed by atoms with van der Waals surface area (Å²) in [5.74, 6) is 2.22. The van der Waals surface area contributed by atoms with Crippen molar-refractivity contribution in [1.82, 2.24) is 0 Å². The van der Waals surface area contributed by atoms with E-state index >= 15 is 8.78 Å². The van der Waals surface area contributed by atoms with Crippen LogP contribution in [0.15, 0.2) is 316 Å². The topological polar surface area (TPSA) is 21.7 Å². The number of hydrogen-bond acceptors (Lipinski definition) is 3. The summed E-state index contributed by atoms with van der Waals surface area (Å²) < 4.78 is 44.0. The molecule has 0 aliphatic heterocycles. The van der Waals surface area contributed by atoms with Crippen LogP contribution in [0, 0.1) is 18.6 Å². The molecule has 90 heavy (non-hydrogen) atoms. The van der Waals surface area contributed by atoms with Gasteiger partial charge in [0.25, 0.3) is 0 Å². The second-order valence-corrected chi connectivity index (χ2v) is 23.2. The standard InChI is InChI=1S/C85H59F2NO2/c1-4-57-22-41-71(42-23-57)89-73-45-30-64(31-46-73)84(63-28-35-67(86)36-29-63)79-20-11-9-18-75(79)77-49-39-69(54-81(77)84)88(68-37-26-60(27-38-68)62-17-13-16-61(53-62)59-14-7-6-8-15-59)70-40-50-78-76-19-10-12-21-80(76)85(82(78)55-70,66-34-51-83(87)56(3)52-66)65-32-47-74(48-33-65)90-72-43-24-58(5-2)25-44-72/h4-55H,1-2H2,3H3. The van der Waals surface area contributed by atoms with Crippen LogP contribution in [0.4, 0.5) is 25.8 Å². The lowest BCUT2D eigenvalue weighted by atomic mass is 9.67. The first-order chi connectivity index (χ1) is 44.2. The summed E-state index contributed by atoms with van der Waals surface area (Å²) in [5, 5.41) is 0. The molecule has 0 spiro atoms. The van der Waals surface area contributed by atoms with Gasteiger partial charge in [-0.05, 0) is 222 Å². The van der Waals surface area contributed by atoms with Crippen molar-refractivity contribution in [3.8, 4) is 67.5 Å². The van der Waals surface area contributed by atoms with Crippen molar-refractivity contribution >= 4 is 29.2 Å². The Morgan fingerprint density at radius 2 is 0.711 bits per heavy atom. The van der Waals surface area contributed by atoms with Crippen LogP contribution in [0.3, 0.4) is 0 Å². The van der Waals surface area contributed by atoms with E-state index in [0.717, 1.165) is 117 Å². The molecule has 15 rings (SSSR count). The smallest absolute Gasteiger partial charge is 0.127 e. The van der Waals surface area contributed by atoms with Crippen LogP contribution < -0.4 is 14.4 Å². The average Bonchev–Trinajstić information content (AvgIpc) is 1.54. The van der Waals surface area contributed by atoms with Gasteiger partial charge in [0.15, 0.2) is 0 Å². The third kappa shape index (κ3) is 9.42. The highest BCUT2D eigenvalue weighted by Gasteiger charge is 2.48. The zero-order chi connectivity index (χ0) is 60.9. The molecule has 5 heteroatoms. The van der Waals surface area contributed by atoms with Crippen LogP contribution in [0.5, 0.6) is 23.0 Å². The van der Waals surface area contributed by atoms with Crippen molar-refractivity contribution < 1.29 is 18.3 Å². The number of halogens is 2. The van der Waals surface area contributed by atoms with E-state index in [2.05, 4.69) is 200 Å². The monoisotopic (exact) mass is 1160 g/mol. The summed E-state index contributed by atoms with van der Waals surface area (Å²) in [6, 6.07) is 104. The largest absolute Gasteiger partial charge is 0.457 e. The first kappa shape index (κ1) is 55.2. The van der Waals surface area contributed by atoms with Crippen molar-refractivity contribution in [2.45, 2.75) is 17.8 Å². The fourth-order valence-electron chi connectivity index (χ4n) is 13.9. The quantitative estimate of drug-likeness (QED) is 0.102. The van der Waals surface area contributed by atoms with Crippen LogP contribution in [0.1, 0.15) is 61.2 Å². The number of benzene rings is 13. The Morgan fingerprint density at radius 3 is 1.19 bits per heavy atom. The molecule has 0 N–H and O–H groups in total. The van der Waals surface area contributed by atoms with E-state index in [9.17, 15) is 0 Å². The molecule has 13 aromatic rings. The van der Waals surface area contributed by atoms with Crippen molar-refractivity contribution in [2.24, 2.45) is 0 Å². The molecule has 0 amide bonds. The number of ether oxygens (including phenoxy) is 2. The zero-order valence-corrected chi connectivity index (χ0v) is 49.5. The van der Waals surface area contributed by atoms with E-state index in [1.54, 1.807) is 18.2 Å². The Hall–Kier alpha value is -11.4. The van der Waals surface area contributed by atoms with Crippen molar-refractivity contribution in [3.05, 3.63) is 389 Å². The van der Waals surface area contributed by atoms with Crippen molar-refractivity contribution in [2.75, 3.05) is 4.90 Å². The second-order valence-electron chi connectivity index (χ2n) is 23.2. The van der Waals surface area contributed by atoms with Crippen LogP contribution in [0.2, 0.25) is 0 Å². The van der Waals surface area contributed by atoms with Gasteiger partial charge >= 0.3 is 0 Å².